The van der Waals surface area contributed by atoms with Gasteiger partial charge in [0, 0.05) is 23.5 Å². The number of esters is 1. The molecule has 0 saturated heterocycles. The largest absolute Gasteiger partial charge is 0.494 e. The van der Waals surface area contributed by atoms with Crippen LogP contribution in [-0.4, -0.2) is 25.7 Å². The number of rotatable bonds is 6. The Hall–Kier alpha value is -1.91. The smallest absolute Gasteiger partial charge is 0.325 e. The zero-order valence-electron chi connectivity index (χ0n) is 10.2. The van der Waals surface area contributed by atoms with Crippen molar-refractivity contribution in [3.05, 3.63) is 18.2 Å². The molecule has 0 saturated carbocycles. The van der Waals surface area contributed by atoms with E-state index in [9.17, 15) is 4.79 Å². The maximum absolute atomic E-state index is 11.2. The molecule has 0 aliphatic carbocycles. The molecular weight excluding hydrogens is 220 g/mol. The molecule has 5 nitrogen and oxygen atoms in total. The number of carbonyl (C=O) groups excluding carboxylic acids is 1. The molecule has 17 heavy (non-hydrogen) atoms. The SMILES string of the molecule is CCOC(=O)CNc1cc(N)cc(OCC)c1. The minimum atomic E-state index is -0.298. The third kappa shape index (κ3) is 4.63. The standard InChI is InChI=1S/C12H18N2O3/c1-3-16-11-6-9(13)5-10(7-11)14-8-12(15)17-4-2/h5-7,14H,3-4,8,13H2,1-2H3. The summed E-state index contributed by atoms with van der Waals surface area (Å²) in [5.74, 6) is 0.381. The number of hydrogen-bond acceptors (Lipinski definition) is 5. The van der Waals surface area contributed by atoms with Gasteiger partial charge in [0.1, 0.15) is 12.3 Å². The lowest BCUT2D eigenvalue weighted by Crippen LogP contribution is -2.16. The molecule has 3 N–H and O–H groups in total. The van der Waals surface area contributed by atoms with E-state index >= 15 is 0 Å². The summed E-state index contributed by atoms with van der Waals surface area (Å²) in [4.78, 5) is 11.2. The van der Waals surface area contributed by atoms with Crippen LogP contribution in [0.1, 0.15) is 13.8 Å². The molecule has 94 valence electrons. The van der Waals surface area contributed by atoms with Crippen LogP contribution in [0, 0.1) is 0 Å². The van der Waals surface area contributed by atoms with Crippen LogP contribution < -0.4 is 15.8 Å². The molecule has 0 bridgehead atoms. The Bertz CT molecular complexity index is 380. The molecule has 0 fully saturated rings. The van der Waals surface area contributed by atoms with E-state index in [1.54, 1.807) is 25.1 Å². The first-order valence-corrected chi connectivity index (χ1v) is 5.58. The maximum atomic E-state index is 11.2. The average Bonchev–Trinajstić information content (AvgIpc) is 2.26. The molecule has 0 unspecified atom stereocenters. The first-order chi connectivity index (χ1) is 8.15. The highest BCUT2D eigenvalue weighted by atomic mass is 16.5. The average molecular weight is 238 g/mol. The Morgan fingerprint density at radius 3 is 2.71 bits per heavy atom. The summed E-state index contributed by atoms with van der Waals surface area (Å²) in [5, 5.41) is 2.93. The quantitative estimate of drug-likeness (QED) is 0.582. The van der Waals surface area contributed by atoms with Gasteiger partial charge in [-0.15, -0.1) is 0 Å². The fourth-order valence-electron chi connectivity index (χ4n) is 1.36. The van der Waals surface area contributed by atoms with Crippen LogP contribution in [0.5, 0.6) is 5.75 Å². The van der Waals surface area contributed by atoms with Gasteiger partial charge in [0.15, 0.2) is 0 Å². The molecule has 0 amide bonds. The first kappa shape index (κ1) is 13.2. The lowest BCUT2D eigenvalue weighted by atomic mass is 10.2. The number of ether oxygens (including phenoxy) is 2. The minimum absolute atomic E-state index is 0.114. The van der Waals surface area contributed by atoms with Crippen LogP contribution in [0.15, 0.2) is 18.2 Å². The highest BCUT2D eigenvalue weighted by molar-refractivity contribution is 5.75. The van der Waals surface area contributed by atoms with Crippen LogP contribution in [0.2, 0.25) is 0 Å². The topological polar surface area (TPSA) is 73.6 Å². The van der Waals surface area contributed by atoms with Gasteiger partial charge >= 0.3 is 5.97 Å². The lowest BCUT2D eigenvalue weighted by molar-refractivity contribution is -0.140. The Labute approximate surface area is 101 Å². The van der Waals surface area contributed by atoms with Crippen LogP contribution >= 0.6 is 0 Å². The molecule has 0 heterocycles. The van der Waals surface area contributed by atoms with E-state index in [1.165, 1.54) is 0 Å². The number of anilines is 2. The predicted molar refractivity (Wildman–Crippen MR) is 67.1 cm³/mol. The molecule has 0 atom stereocenters. The van der Waals surface area contributed by atoms with Gasteiger partial charge in [-0.3, -0.25) is 4.79 Å². The zero-order valence-corrected chi connectivity index (χ0v) is 10.2. The normalized spacial score (nSPS) is 9.76. The molecule has 1 aromatic carbocycles. The summed E-state index contributed by atoms with van der Waals surface area (Å²) < 4.78 is 10.2. The molecule has 0 aliphatic heterocycles. The molecule has 0 spiro atoms. The summed E-state index contributed by atoms with van der Waals surface area (Å²) >= 11 is 0. The molecule has 0 aliphatic rings. The molecule has 1 aromatic rings. The second-order valence-corrected chi connectivity index (χ2v) is 3.38. The molecule has 0 aromatic heterocycles. The molecule has 0 radical (unpaired) electrons. The van der Waals surface area contributed by atoms with Crippen LogP contribution in [0.4, 0.5) is 11.4 Å². The first-order valence-electron chi connectivity index (χ1n) is 5.58. The van der Waals surface area contributed by atoms with Crippen molar-refractivity contribution in [2.24, 2.45) is 0 Å². The van der Waals surface area contributed by atoms with Gasteiger partial charge in [-0.25, -0.2) is 0 Å². The van der Waals surface area contributed by atoms with E-state index in [0.717, 1.165) is 5.69 Å². The highest BCUT2D eigenvalue weighted by Gasteiger charge is 2.03. The third-order valence-corrected chi connectivity index (χ3v) is 1.98. The van der Waals surface area contributed by atoms with Crippen molar-refractivity contribution in [3.63, 3.8) is 0 Å². The van der Waals surface area contributed by atoms with E-state index in [-0.39, 0.29) is 12.5 Å². The van der Waals surface area contributed by atoms with Crippen LogP contribution in [0.25, 0.3) is 0 Å². The molecule has 5 heteroatoms. The van der Waals surface area contributed by atoms with Crippen LogP contribution in [0.3, 0.4) is 0 Å². The summed E-state index contributed by atoms with van der Waals surface area (Å²) in [6.45, 7) is 4.73. The van der Waals surface area contributed by atoms with Crippen molar-refractivity contribution >= 4 is 17.3 Å². The summed E-state index contributed by atoms with van der Waals surface area (Å²) in [6.07, 6.45) is 0. The number of nitrogens with two attached hydrogens (primary N) is 1. The number of hydrogen-bond donors (Lipinski definition) is 2. The van der Waals surface area contributed by atoms with E-state index in [1.807, 2.05) is 6.92 Å². The fourth-order valence-corrected chi connectivity index (χ4v) is 1.36. The minimum Gasteiger partial charge on any atom is -0.494 e. The van der Waals surface area contributed by atoms with Gasteiger partial charge in [0.05, 0.1) is 13.2 Å². The summed E-state index contributed by atoms with van der Waals surface area (Å²) in [5.41, 5.74) is 7.04. The second kappa shape index (κ2) is 6.62. The fraction of sp³-hybridized carbons (Fsp3) is 0.417. The van der Waals surface area contributed by atoms with Crippen molar-refractivity contribution in [1.29, 1.82) is 0 Å². The van der Waals surface area contributed by atoms with Crippen LogP contribution in [-0.2, 0) is 9.53 Å². The van der Waals surface area contributed by atoms with Gasteiger partial charge < -0.3 is 20.5 Å². The van der Waals surface area contributed by atoms with E-state index < -0.39 is 0 Å². The Morgan fingerprint density at radius 2 is 2.06 bits per heavy atom. The molecular formula is C12H18N2O3. The molecule has 1 rings (SSSR count). The van der Waals surface area contributed by atoms with E-state index in [0.29, 0.717) is 24.7 Å². The Balaban J connectivity index is 2.61. The monoisotopic (exact) mass is 238 g/mol. The van der Waals surface area contributed by atoms with Gasteiger partial charge in [-0.2, -0.15) is 0 Å². The highest BCUT2D eigenvalue weighted by Crippen LogP contribution is 2.22. The summed E-state index contributed by atoms with van der Waals surface area (Å²) in [7, 11) is 0. The maximum Gasteiger partial charge on any atom is 0.325 e. The van der Waals surface area contributed by atoms with Gasteiger partial charge in [0.2, 0.25) is 0 Å². The number of carbonyl (C=O) groups is 1. The third-order valence-electron chi connectivity index (χ3n) is 1.98. The Morgan fingerprint density at radius 1 is 1.29 bits per heavy atom. The second-order valence-electron chi connectivity index (χ2n) is 3.38. The summed E-state index contributed by atoms with van der Waals surface area (Å²) in [6, 6.07) is 5.26. The van der Waals surface area contributed by atoms with Gasteiger partial charge in [0.25, 0.3) is 0 Å². The van der Waals surface area contributed by atoms with Crippen molar-refractivity contribution in [3.8, 4) is 5.75 Å². The van der Waals surface area contributed by atoms with Gasteiger partial charge in [-0.05, 0) is 19.9 Å². The van der Waals surface area contributed by atoms with Crippen molar-refractivity contribution in [2.75, 3.05) is 30.8 Å². The predicted octanol–water partition coefficient (Wildman–Crippen LogP) is 1.64. The van der Waals surface area contributed by atoms with Crippen molar-refractivity contribution in [2.45, 2.75) is 13.8 Å². The number of nitrogen functional groups attached to an aromatic ring is 1. The van der Waals surface area contributed by atoms with E-state index in [2.05, 4.69) is 5.32 Å². The van der Waals surface area contributed by atoms with Crippen molar-refractivity contribution in [1.82, 2.24) is 0 Å². The zero-order chi connectivity index (χ0) is 12.7. The van der Waals surface area contributed by atoms with Crippen molar-refractivity contribution < 1.29 is 14.3 Å². The number of benzene rings is 1. The lowest BCUT2D eigenvalue weighted by Gasteiger charge is -2.10. The Kier molecular flexibility index (Phi) is 5.13. The number of nitrogens with one attached hydrogen (secondary N) is 1. The van der Waals surface area contributed by atoms with E-state index in [4.69, 9.17) is 15.2 Å². The van der Waals surface area contributed by atoms with Gasteiger partial charge in [-0.1, -0.05) is 0 Å².